The number of fused-ring (bicyclic) bond motifs is 1. The summed E-state index contributed by atoms with van der Waals surface area (Å²) in [6.45, 7) is 0.433. The predicted octanol–water partition coefficient (Wildman–Crippen LogP) is 3.82. The van der Waals surface area contributed by atoms with Gasteiger partial charge in [-0.3, -0.25) is 15.1 Å². The van der Waals surface area contributed by atoms with E-state index in [1.165, 1.54) is 34.6 Å². The molecule has 4 rings (SSSR count). The van der Waals surface area contributed by atoms with E-state index in [9.17, 15) is 14.0 Å². The summed E-state index contributed by atoms with van der Waals surface area (Å²) in [4.78, 5) is 39.3. The summed E-state index contributed by atoms with van der Waals surface area (Å²) >= 11 is 1.24. The topological polar surface area (TPSA) is 100 Å². The van der Waals surface area contributed by atoms with Crippen molar-refractivity contribution in [3.63, 3.8) is 0 Å². The maximum absolute atomic E-state index is 13.2. The van der Waals surface area contributed by atoms with Gasteiger partial charge in [-0.15, -0.1) is 11.3 Å². The first-order valence-corrected chi connectivity index (χ1v) is 10.6. The molecule has 3 amide bonds. The second kappa shape index (κ2) is 9.48. The predicted molar refractivity (Wildman–Crippen MR) is 120 cm³/mol. The van der Waals surface area contributed by atoms with Crippen molar-refractivity contribution in [1.29, 1.82) is 0 Å². The molecule has 2 aromatic carbocycles. The van der Waals surface area contributed by atoms with Crippen LogP contribution < -0.4 is 10.6 Å². The Balaban J connectivity index is 1.32. The van der Waals surface area contributed by atoms with E-state index >= 15 is 0 Å². The SMILES string of the molecule is CN(Cc1csc(NC(=O)NCc2cccc(F)c2)n1)C(=O)c1cnc2ccccc2n1. The molecule has 0 saturated heterocycles. The summed E-state index contributed by atoms with van der Waals surface area (Å²) in [7, 11) is 1.65. The van der Waals surface area contributed by atoms with E-state index in [-0.39, 0.29) is 30.5 Å². The maximum Gasteiger partial charge on any atom is 0.321 e. The van der Waals surface area contributed by atoms with Crippen LogP contribution in [0.1, 0.15) is 21.7 Å². The molecule has 0 saturated carbocycles. The Morgan fingerprint density at radius 3 is 2.72 bits per heavy atom. The fourth-order valence-corrected chi connectivity index (χ4v) is 3.67. The standard InChI is InChI=1S/C22H19FN6O2S/c1-29(20(30)19-11-24-17-7-2-3-8-18(17)27-19)12-16-13-32-22(26-16)28-21(31)25-10-14-5-4-6-15(23)9-14/h2-9,11,13H,10,12H2,1H3,(H2,25,26,28,31). The molecule has 0 bridgehead atoms. The quantitative estimate of drug-likeness (QED) is 0.465. The molecule has 10 heteroatoms. The van der Waals surface area contributed by atoms with Crippen molar-refractivity contribution in [2.45, 2.75) is 13.1 Å². The number of benzene rings is 2. The average molecular weight is 450 g/mol. The van der Waals surface area contributed by atoms with Crippen molar-refractivity contribution < 1.29 is 14.0 Å². The first-order chi connectivity index (χ1) is 15.5. The maximum atomic E-state index is 13.2. The van der Waals surface area contributed by atoms with Crippen LogP contribution in [0.2, 0.25) is 0 Å². The number of amides is 3. The number of rotatable bonds is 6. The lowest BCUT2D eigenvalue weighted by molar-refractivity contribution is 0.0778. The number of hydrogen-bond acceptors (Lipinski definition) is 6. The molecule has 2 N–H and O–H groups in total. The minimum absolute atomic E-state index is 0.186. The molecule has 162 valence electrons. The van der Waals surface area contributed by atoms with Gasteiger partial charge in [-0.25, -0.2) is 19.2 Å². The lowest BCUT2D eigenvalue weighted by Crippen LogP contribution is -2.28. The molecule has 0 unspecified atom stereocenters. The zero-order valence-electron chi connectivity index (χ0n) is 17.1. The Morgan fingerprint density at radius 1 is 1.09 bits per heavy atom. The molecule has 8 nitrogen and oxygen atoms in total. The lowest BCUT2D eigenvalue weighted by Gasteiger charge is -2.15. The molecule has 0 radical (unpaired) electrons. The van der Waals surface area contributed by atoms with Gasteiger partial charge in [0.25, 0.3) is 5.91 Å². The Labute approximate surface area is 187 Å². The van der Waals surface area contributed by atoms with E-state index in [0.29, 0.717) is 21.9 Å². The van der Waals surface area contributed by atoms with Gasteiger partial charge in [0, 0.05) is 19.0 Å². The highest BCUT2D eigenvalue weighted by Crippen LogP contribution is 2.17. The van der Waals surface area contributed by atoms with Crippen LogP contribution in [0.15, 0.2) is 60.1 Å². The third-order valence-corrected chi connectivity index (χ3v) is 5.33. The minimum Gasteiger partial charge on any atom is -0.334 e. The first kappa shape index (κ1) is 21.3. The third-order valence-electron chi connectivity index (χ3n) is 4.53. The number of urea groups is 1. The van der Waals surface area contributed by atoms with E-state index in [1.54, 1.807) is 30.6 Å². The fraction of sp³-hybridized carbons (Fsp3) is 0.136. The summed E-state index contributed by atoms with van der Waals surface area (Å²) < 4.78 is 13.2. The fourth-order valence-electron chi connectivity index (χ4n) is 2.98. The zero-order chi connectivity index (χ0) is 22.5. The van der Waals surface area contributed by atoms with Crippen LogP contribution in [0.3, 0.4) is 0 Å². The van der Waals surface area contributed by atoms with Crippen LogP contribution in [-0.2, 0) is 13.1 Å². The summed E-state index contributed by atoms with van der Waals surface area (Å²) in [5, 5.41) is 7.44. The first-order valence-electron chi connectivity index (χ1n) is 9.69. The van der Waals surface area contributed by atoms with Crippen LogP contribution in [-0.4, -0.2) is 38.8 Å². The molecule has 32 heavy (non-hydrogen) atoms. The number of hydrogen-bond donors (Lipinski definition) is 2. The highest BCUT2D eigenvalue weighted by Gasteiger charge is 2.16. The molecule has 2 heterocycles. The molecule has 0 spiro atoms. The summed E-state index contributed by atoms with van der Waals surface area (Å²) in [5.41, 5.74) is 2.89. The van der Waals surface area contributed by atoms with Crippen LogP contribution in [0.25, 0.3) is 11.0 Å². The smallest absolute Gasteiger partial charge is 0.321 e. The lowest BCUT2D eigenvalue weighted by atomic mass is 10.2. The molecule has 0 aliphatic carbocycles. The van der Waals surface area contributed by atoms with Gasteiger partial charge in [-0.05, 0) is 29.8 Å². The molecule has 2 aromatic heterocycles. The van der Waals surface area contributed by atoms with Crippen molar-refractivity contribution in [3.8, 4) is 0 Å². The van der Waals surface area contributed by atoms with E-state index < -0.39 is 6.03 Å². The molecule has 0 fully saturated rings. The van der Waals surface area contributed by atoms with Gasteiger partial charge in [0.05, 0.1) is 29.5 Å². The minimum atomic E-state index is -0.453. The van der Waals surface area contributed by atoms with Gasteiger partial charge in [0.2, 0.25) is 0 Å². The molecular formula is C22H19FN6O2S. The van der Waals surface area contributed by atoms with Gasteiger partial charge in [-0.2, -0.15) is 0 Å². The third kappa shape index (κ3) is 5.22. The Kier molecular flexibility index (Phi) is 6.31. The highest BCUT2D eigenvalue weighted by molar-refractivity contribution is 7.13. The van der Waals surface area contributed by atoms with Crippen LogP contribution in [0, 0.1) is 5.82 Å². The highest BCUT2D eigenvalue weighted by atomic mass is 32.1. The average Bonchev–Trinajstić information content (AvgIpc) is 3.23. The molecule has 0 aliphatic rings. The Bertz CT molecular complexity index is 1280. The van der Waals surface area contributed by atoms with E-state index in [1.807, 2.05) is 18.2 Å². The molecule has 0 aliphatic heterocycles. The number of para-hydroxylation sites is 2. The summed E-state index contributed by atoms with van der Waals surface area (Å²) in [6, 6.07) is 12.9. The second-order valence-electron chi connectivity index (χ2n) is 6.99. The van der Waals surface area contributed by atoms with E-state index in [0.717, 1.165) is 5.52 Å². The molecular weight excluding hydrogens is 431 g/mol. The van der Waals surface area contributed by atoms with Gasteiger partial charge < -0.3 is 10.2 Å². The van der Waals surface area contributed by atoms with Crippen molar-refractivity contribution in [2.75, 3.05) is 12.4 Å². The second-order valence-corrected chi connectivity index (χ2v) is 7.84. The largest absolute Gasteiger partial charge is 0.334 e. The number of nitrogens with one attached hydrogen (secondary N) is 2. The van der Waals surface area contributed by atoms with Gasteiger partial charge in [0.1, 0.15) is 11.5 Å². The zero-order valence-corrected chi connectivity index (χ0v) is 17.9. The van der Waals surface area contributed by atoms with Gasteiger partial charge in [0.15, 0.2) is 5.13 Å². The Hall–Kier alpha value is -3.92. The number of anilines is 1. The molecule has 4 aromatic rings. The van der Waals surface area contributed by atoms with E-state index in [4.69, 9.17) is 0 Å². The van der Waals surface area contributed by atoms with Gasteiger partial charge >= 0.3 is 6.03 Å². The number of nitrogens with zero attached hydrogens (tertiary/aromatic N) is 4. The van der Waals surface area contributed by atoms with Crippen LogP contribution in [0.4, 0.5) is 14.3 Å². The Morgan fingerprint density at radius 2 is 1.91 bits per heavy atom. The van der Waals surface area contributed by atoms with Crippen molar-refractivity contribution in [1.82, 2.24) is 25.2 Å². The number of halogens is 1. The van der Waals surface area contributed by atoms with Crippen molar-refractivity contribution >= 4 is 39.4 Å². The monoisotopic (exact) mass is 450 g/mol. The molecule has 0 atom stereocenters. The number of thiazole rings is 1. The van der Waals surface area contributed by atoms with E-state index in [2.05, 4.69) is 25.6 Å². The van der Waals surface area contributed by atoms with Gasteiger partial charge in [-0.1, -0.05) is 24.3 Å². The number of carbonyl (C=O) groups excluding carboxylic acids is 2. The number of aromatic nitrogens is 3. The summed E-state index contributed by atoms with van der Waals surface area (Å²) in [6.07, 6.45) is 1.46. The van der Waals surface area contributed by atoms with Crippen molar-refractivity contribution in [3.05, 3.63) is 82.9 Å². The number of carbonyl (C=O) groups is 2. The summed E-state index contributed by atoms with van der Waals surface area (Å²) in [5.74, 6) is -0.638. The van der Waals surface area contributed by atoms with Crippen molar-refractivity contribution in [2.24, 2.45) is 0 Å². The normalized spacial score (nSPS) is 10.7. The van der Waals surface area contributed by atoms with Crippen LogP contribution >= 0.6 is 11.3 Å². The van der Waals surface area contributed by atoms with Crippen LogP contribution in [0.5, 0.6) is 0 Å².